The van der Waals surface area contributed by atoms with Crippen molar-refractivity contribution >= 4 is 11.7 Å². The van der Waals surface area contributed by atoms with Gasteiger partial charge < -0.3 is 10.6 Å². The highest BCUT2D eigenvalue weighted by molar-refractivity contribution is 5.89. The smallest absolute Gasteiger partial charge is 0.319 e. The van der Waals surface area contributed by atoms with Gasteiger partial charge in [-0.05, 0) is 55.0 Å². The lowest BCUT2D eigenvalue weighted by molar-refractivity contribution is 0.249. The van der Waals surface area contributed by atoms with Crippen molar-refractivity contribution in [3.8, 4) is 0 Å². The topological polar surface area (TPSA) is 41.1 Å². The molecule has 2 amide bonds. The lowest BCUT2D eigenvalue weighted by Crippen LogP contribution is -2.31. The van der Waals surface area contributed by atoms with Crippen LogP contribution in [0.25, 0.3) is 0 Å². The Morgan fingerprint density at radius 2 is 1.81 bits per heavy atom. The van der Waals surface area contributed by atoms with Gasteiger partial charge in [-0.15, -0.1) is 0 Å². The van der Waals surface area contributed by atoms with Crippen LogP contribution in [0.1, 0.15) is 36.1 Å². The van der Waals surface area contributed by atoms with Gasteiger partial charge in [-0.3, -0.25) is 0 Å². The van der Waals surface area contributed by atoms with Gasteiger partial charge in [-0.2, -0.15) is 0 Å². The summed E-state index contributed by atoms with van der Waals surface area (Å²) < 4.78 is 0. The van der Waals surface area contributed by atoms with E-state index in [4.69, 9.17) is 0 Å². The van der Waals surface area contributed by atoms with Crippen molar-refractivity contribution in [3.63, 3.8) is 0 Å². The van der Waals surface area contributed by atoms with Crippen molar-refractivity contribution in [1.82, 2.24) is 5.32 Å². The number of hydrogen-bond acceptors (Lipinski definition) is 1. The van der Waals surface area contributed by atoms with E-state index in [0.29, 0.717) is 0 Å². The molecular weight excluding hydrogens is 260 g/mol. The first-order chi connectivity index (χ1) is 10.2. The molecule has 0 saturated heterocycles. The Kier molecular flexibility index (Phi) is 3.91. The van der Waals surface area contributed by atoms with Crippen molar-refractivity contribution in [2.24, 2.45) is 0 Å². The van der Waals surface area contributed by atoms with E-state index in [2.05, 4.69) is 22.8 Å². The Morgan fingerprint density at radius 1 is 1.05 bits per heavy atom. The molecule has 1 aliphatic rings. The van der Waals surface area contributed by atoms with Crippen molar-refractivity contribution in [2.75, 3.05) is 5.32 Å². The van der Waals surface area contributed by atoms with Gasteiger partial charge in [0.15, 0.2) is 0 Å². The third kappa shape index (κ3) is 3.24. The molecular formula is C18H20N2O. The SMILES string of the molecule is CC(NC(=O)Nc1ccc2c(c1)CCC2)c1ccccc1. The van der Waals surface area contributed by atoms with Crippen LogP contribution in [0.5, 0.6) is 0 Å². The summed E-state index contributed by atoms with van der Waals surface area (Å²) in [6.07, 6.45) is 3.50. The summed E-state index contributed by atoms with van der Waals surface area (Å²) in [5.74, 6) is 0. The molecule has 0 aromatic heterocycles. The van der Waals surface area contributed by atoms with E-state index in [0.717, 1.165) is 24.1 Å². The summed E-state index contributed by atoms with van der Waals surface area (Å²) >= 11 is 0. The third-order valence-corrected chi connectivity index (χ3v) is 4.00. The zero-order valence-electron chi connectivity index (χ0n) is 12.2. The Balaban J connectivity index is 1.61. The highest BCUT2D eigenvalue weighted by atomic mass is 16.2. The lowest BCUT2D eigenvalue weighted by Gasteiger charge is -2.15. The van der Waals surface area contributed by atoms with Crippen LogP contribution in [-0.2, 0) is 12.8 Å². The van der Waals surface area contributed by atoms with E-state index < -0.39 is 0 Å². The Hall–Kier alpha value is -2.29. The quantitative estimate of drug-likeness (QED) is 0.874. The molecule has 2 aromatic carbocycles. The van der Waals surface area contributed by atoms with Crippen LogP contribution in [-0.4, -0.2) is 6.03 Å². The Labute approximate surface area is 125 Å². The lowest BCUT2D eigenvalue weighted by atomic mass is 10.1. The number of carbonyl (C=O) groups excluding carboxylic acids is 1. The van der Waals surface area contributed by atoms with Gasteiger partial charge in [0, 0.05) is 5.69 Å². The second-order valence-electron chi connectivity index (χ2n) is 5.57. The standard InChI is InChI=1S/C18H20N2O/c1-13(14-6-3-2-4-7-14)19-18(21)20-17-11-10-15-8-5-9-16(15)12-17/h2-4,6-7,10-13H,5,8-9H2,1H3,(H2,19,20,21). The Morgan fingerprint density at radius 3 is 2.62 bits per heavy atom. The average Bonchev–Trinajstić information content (AvgIpc) is 2.95. The minimum atomic E-state index is -0.163. The van der Waals surface area contributed by atoms with Gasteiger partial charge in [0.1, 0.15) is 0 Å². The zero-order valence-corrected chi connectivity index (χ0v) is 12.2. The fourth-order valence-corrected chi connectivity index (χ4v) is 2.84. The van der Waals surface area contributed by atoms with E-state index in [1.54, 1.807) is 0 Å². The van der Waals surface area contributed by atoms with Gasteiger partial charge in [-0.1, -0.05) is 36.4 Å². The number of carbonyl (C=O) groups is 1. The van der Waals surface area contributed by atoms with Crippen LogP contribution < -0.4 is 10.6 Å². The van der Waals surface area contributed by atoms with Crippen molar-refractivity contribution in [3.05, 3.63) is 65.2 Å². The first-order valence-corrected chi connectivity index (χ1v) is 7.46. The van der Waals surface area contributed by atoms with Crippen LogP contribution in [0.3, 0.4) is 0 Å². The molecule has 0 aliphatic heterocycles. The molecule has 0 fully saturated rings. The first kappa shape index (κ1) is 13.7. The second kappa shape index (κ2) is 6.00. The number of amides is 2. The number of nitrogens with one attached hydrogen (secondary N) is 2. The second-order valence-corrected chi connectivity index (χ2v) is 5.57. The van der Waals surface area contributed by atoms with Crippen molar-refractivity contribution in [2.45, 2.75) is 32.2 Å². The number of benzene rings is 2. The maximum absolute atomic E-state index is 12.1. The maximum Gasteiger partial charge on any atom is 0.319 e. The van der Waals surface area contributed by atoms with Crippen LogP contribution in [0.4, 0.5) is 10.5 Å². The number of urea groups is 1. The molecule has 1 unspecified atom stereocenters. The summed E-state index contributed by atoms with van der Waals surface area (Å²) in [4.78, 5) is 12.1. The molecule has 21 heavy (non-hydrogen) atoms. The molecule has 0 radical (unpaired) electrons. The number of hydrogen-bond donors (Lipinski definition) is 2. The predicted molar refractivity (Wildman–Crippen MR) is 85.5 cm³/mol. The summed E-state index contributed by atoms with van der Waals surface area (Å²) in [6, 6.07) is 16.0. The summed E-state index contributed by atoms with van der Waals surface area (Å²) in [5.41, 5.74) is 4.75. The molecule has 0 saturated carbocycles. The molecule has 3 rings (SSSR count). The summed E-state index contributed by atoms with van der Waals surface area (Å²) in [6.45, 7) is 1.98. The molecule has 0 heterocycles. The van der Waals surface area contributed by atoms with Gasteiger partial charge >= 0.3 is 6.03 Å². The highest BCUT2D eigenvalue weighted by Gasteiger charge is 2.13. The number of anilines is 1. The highest BCUT2D eigenvalue weighted by Crippen LogP contribution is 2.24. The predicted octanol–water partition coefficient (Wildman–Crippen LogP) is 4.06. The summed E-state index contributed by atoms with van der Waals surface area (Å²) in [5, 5.41) is 5.88. The molecule has 3 nitrogen and oxygen atoms in total. The molecule has 3 heteroatoms. The average molecular weight is 280 g/mol. The molecule has 1 atom stereocenters. The van der Waals surface area contributed by atoms with Gasteiger partial charge in [0.25, 0.3) is 0 Å². The molecule has 2 aromatic rings. The van der Waals surface area contributed by atoms with Crippen molar-refractivity contribution < 1.29 is 4.79 Å². The molecule has 0 spiro atoms. The van der Waals surface area contributed by atoms with E-state index in [1.165, 1.54) is 17.5 Å². The first-order valence-electron chi connectivity index (χ1n) is 7.46. The van der Waals surface area contributed by atoms with E-state index in [-0.39, 0.29) is 12.1 Å². The number of aryl methyl sites for hydroxylation is 2. The number of fused-ring (bicyclic) bond motifs is 1. The number of rotatable bonds is 3. The van der Waals surface area contributed by atoms with E-state index in [1.807, 2.05) is 43.3 Å². The molecule has 0 bridgehead atoms. The Bertz CT molecular complexity index is 637. The van der Waals surface area contributed by atoms with E-state index >= 15 is 0 Å². The largest absolute Gasteiger partial charge is 0.331 e. The van der Waals surface area contributed by atoms with E-state index in [9.17, 15) is 4.79 Å². The van der Waals surface area contributed by atoms with Crippen LogP contribution in [0.2, 0.25) is 0 Å². The maximum atomic E-state index is 12.1. The van der Waals surface area contributed by atoms with Gasteiger partial charge in [0.2, 0.25) is 0 Å². The van der Waals surface area contributed by atoms with Crippen molar-refractivity contribution in [1.29, 1.82) is 0 Å². The minimum absolute atomic E-state index is 0.0133. The normalized spacial score (nSPS) is 14.3. The third-order valence-electron chi connectivity index (χ3n) is 4.00. The zero-order chi connectivity index (χ0) is 14.7. The van der Waals surface area contributed by atoms with Gasteiger partial charge in [0.05, 0.1) is 6.04 Å². The molecule has 1 aliphatic carbocycles. The van der Waals surface area contributed by atoms with Crippen LogP contribution >= 0.6 is 0 Å². The minimum Gasteiger partial charge on any atom is -0.331 e. The fourth-order valence-electron chi connectivity index (χ4n) is 2.84. The monoisotopic (exact) mass is 280 g/mol. The molecule has 108 valence electrons. The molecule has 2 N–H and O–H groups in total. The van der Waals surface area contributed by atoms with Gasteiger partial charge in [-0.25, -0.2) is 4.79 Å². The fraction of sp³-hybridized carbons (Fsp3) is 0.278. The van der Waals surface area contributed by atoms with Crippen LogP contribution in [0, 0.1) is 0 Å². The summed E-state index contributed by atoms with van der Waals surface area (Å²) in [7, 11) is 0. The van der Waals surface area contributed by atoms with Crippen LogP contribution in [0.15, 0.2) is 48.5 Å².